The molecule has 7 nitrogen and oxygen atoms in total. The summed E-state index contributed by atoms with van der Waals surface area (Å²) < 4.78 is 7.39. The minimum Gasteiger partial charge on any atom is -0.483 e. The Balaban J connectivity index is 1.45. The van der Waals surface area contributed by atoms with E-state index in [-0.39, 0.29) is 18.1 Å². The van der Waals surface area contributed by atoms with E-state index >= 15 is 0 Å². The topological polar surface area (TPSA) is 66.8 Å². The molecule has 1 aliphatic heterocycles. The molecular formula is C22H32N4O3. The maximum absolute atomic E-state index is 12.3. The zero-order valence-corrected chi connectivity index (χ0v) is 17.5. The number of benzene rings is 1. The number of ether oxygens (including phenoxy) is 1. The molecule has 0 unspecified atom stereocenters. The predicted molar refractivity (Wildman–Crippen MR) is 116 cm³/mol. The molecule has 1 fully saturated rings. The van der Waals surface area contributed by atoms with Crippen LogP contribution in [0.25, 0.3) is 10.9 Å². The summed E-state index contributed by atoms with van der Waals surface area (Å²) in [5.74, 6) is 0.295. The summed E-state index contributed by atoms with van der Waals surface area (Å²) in [4.78, 5) is 29.4. The Kier molecular flexibility index (Phi) is 7.66. The second kappa shape index (κ2) is 10.4. The number of carbonyl (C=O) groups excluding carboxylic acids is 1. The summed E-state index contributed by atoms with van der Waals surface area (Å²) in [7, 11) is 0. The summed E-state index contributed by atoms with van der Waals surface area (Å²) in [5, 5.41) is 3.75. The van der Waals surface area contributed by atoms with Crippen molar-refractivity contribution in [1.82, 2.24) is 19.7 Å². The van der Waals surface area contributed by atoms with E-state index in [1.54, 1.807) is 4.57 Å². The monoisotopic (exact) mass is 400 g/mol. The lowest BCUT2D eigenvalue weighted by atomic mass is 10.2. The summed E-state index contributed by atoms with van der Waals surface area (Å²) >= 11 is 0. The van der Waals surface area contributed by atoms with Crippen molar-refractivity contribution in [3.63, 3.8) is 0 Å². The summed E-state index contributed by atoms with van der Waals surface area (Å²) in [6.45, 7) is 11.8. The van der Waals surface area contributed by atoms with Gasteiger partial charge in [0.15, 0.2) is 6.61 Å². The molecule has 1 aliphatic rings. The van der Waals surface area contributed by atoms with Gasteiger partial charge in [0.1, 0.15) is 5.75 Å². The first-order valence-corrected chi connectivity index (χ1v) is 10.6. The normalized spacial score (nSPS) is 15.5. The average molecular weight is 401 g/mol. The van der Waals surface area contributed by atoms with Crippen LogP contribution < -0.4 is 15.6 Å². The van der Waals surface area contributed by atoms with E-state index in [1.807, 2.05) is 31.2 Å². The van der Waals surface area contributed by atoms with Crippen LogP contribution in [0.1, 0.15) is 20.3 Å². The molecule has 3 rings (SSSR count). The minimum absolute atomic E-state index is 0.0885. The van der Waals surface area contributed by atoms with Crippen molar-refractivity contribution >= 4 is 16.8 Å². The highest BCUT2D eigenvalue weighted by atomic mass is 16.5. The predicted octanol–water partition coefficient (Wildman–Crippen LogP) is 1.54. The maximum Gasteiger partial charge on any atom is 0.257 e. The van der Waals surface area contributed by atoms with Crippen molar-refractivity contribution in [1.29, 1.82) is 0 Å². The second-order valence-electron chi connectivity index (χ2n) is 7.38. The quantitative estimate of drug-likeness (QED) is 0.647. The number of hydrogen-bond acceptors (Lipinski definition) is 5. The third kappa shape index (κ3) is 5.58. The van der Waals surface area contributed by atoms with Crippen LogP contribution in [-0.2, 0) is 11.3 Å². The van der Waals surface area contributed by atoms with Crippen molar-refractivity contribution in [3.8, 4) is 5.75 Å². The largest absolute Gasteiger partial charge is 0.483 e. The number of para-hydroxylation sites is 1. The Labute approximate surface area is 172 Å². The summed E-state index contributed by atoms with van der Waals surface area (Å²) in [6.07, 6.45) is 0.924. The number of fused-ring (bicyclic) bond motifs is 1. The fourth-order valence-electron chi connectivity index (χ4n) is 3.80. The van der Waals surface area contributed by atoms with E-state index in [2.05, 4.69) is 22.0 Å². The lowest BCUT2D eigenvalue weighted by Gasteiger charge is -2.33. The van der Waals surface area contributed by atoms with Gasteiger partial charge in [-0.3, -0.25) is 9.59 Å². The van der Waals surface area contributed by atoms with Crippen LogP contribution in [0.3, 0.4) is 0 Å². The van der Waals surface area contributed by atoms with E-state index in [1.165, 1.54) is 6.07 Å². The van der Waals surface area contributed by atoms with Crippen LogP contribution in [0.4, 0.5) is 0 Å². The third-order valence-electron chi connectivity index (χ3n) is 5.54. The number of nitrogens with zero attached hydrogens (tertiary/aromatic N) is 3. The Bertz CT molecular complexity index is 872. The molecule has 1 aromatic carbocycles. The zero-order chi connectivity index (χ0) is 20.6. The lowest BCUT2D eigenvalue weighted by Crippen LogP contribution is -2.46. The first-order valence-electron chi connectivity index (χ1n) is 10.6. The molecule has 0 radical (unpaired) electrons. The number of likely N-dealkylation sites (N-methyl/N-ethyl adjacent to an activating group) is 1. The standard InChI is InChI=1S/C22H32N4O3/c1-3-24-12-14-25(15-13-24)11-7-10-23-21(27)17-29-20-16-22(28)26(4-2)19-9-6-5-8-18(19)20/h5-6,8-9,16H,3-4,7,10-15,17H2,1-2H3,(H,23,27). The molecular weight excluding hydrogens is 368 g/mol. The third-order valence-corrected chi connectivity index (χ3v) is 5.54. The van der Waals surface area contributed by atoms with Gasteiger partial charge in [-0.2, -0.15) is 0 Å². The van der Waals surface area contributed by atoms with E-state index < -0.39 is 0 Å². The fourth-order valence-corrected chi connectivity index (χ4v) is 3.80. The van der Waals surface area contributed by atoms with Gasteiger partial charge in [-0.25, -0.2) is 0 Å². The van der Waals surface area contributed by atoms with Crippen LogP contribution in [0.5, 0.6) is 5.75 Å². The van der Waals surface area contributed by atoms with Crippen molar-refractivity contribution in [2.75, 3.05) is 52.4 Å². The highest BCUT2D eigenvalue weighted by Gasteiger charge is 2.15. The molecule has 0 atom stereocenters. The number of aryl methyl sites for hydroxylation is 1. The Morgan fingerprint density at radius 2 is 1.79 bits per heavy atom. The SMILES string of the molecule is CCN1CCN(CCCNC(=O)COc2cc(=O)n(CC)c3ccccc23)CC1. The van der Waals surface area contributed by atoms with E-state index in [0.29, 0.717) is 18.8 Å². The second-order valence-corrected chi connectivity index (χ2v) is 7.38. The first kappa shape index (κ1) is 21.3. The number of pyridine rings is 1. The molecule has 1 saturated heterocycles. The average Bonchev–Trinajstić information content (AvgIpc) is 2.75. The highest BCUT2D eigenvalue weighted by molar-refractivity contribution is 5.86. The lowest BCUT2D eigenvalue weighted by molar-refractivity contribution is -0.123. The van der Waals surface area contributed by atoms with E-state index in [9.17, 15) is 9.59 Å². The van der Waals surface area contributed by atoms with Crippen molar-refractivity contribution in [2.45, 2.75) is 26.8 Å². The Morgan fingerprint density at radius 3 is 2.52 bits per heavy atom. The molecule has 2 aromatic rings. The van der Waals surface area contributed by atoms with Gasteiger partial charge in [-0.05, 0) is 38.6 Å². The van der Waals surface area contributed by atoms with Crippen molar-refractivity contribution in [2.24, 2.45) is 0 Å². The highest BCUT2D eigenvalue weighted by Crippen LogP contribution is 2.23. The number of amides is 1. The van der Waals surface area contributed by atoms with Gasteiger partial charge >= 0.3 is 0 Å². The Morgan fingerprint density at radius 1 is 1.07 bits per heavy atom. The van der Waals surface area contributed by atoms with Crippen LogP contribution in [0.15, 0.2) is 35.1 Å². The molecule has 1 amide bonds. The first-order chi connectivity index (χ1) is 14.1. The summed E-state index contributed by atoms with van der Waals surface area (Å²) in [6, 6.07) is 9.07. The van der Waals surface area contributed by atoms with Gasteiger partial charge in [0.2, 0.25) is 0 Å². The van der Waals surface area contributed by atoms with E-state index in [4.69, 9.17) is 4.74 Å². The number of nitrogens with one attached hydrogen (secondary N) is 1. The molecule has 29 heavy (non-hydrogen) atoms. The molecule has 1 N–H and O–H groups in total. The van der Waals surface area contributed by atoms with Crippen LogP contribution in [0.2, 0.25) is 0 Å². The zero-order valence-electron chi connectivity index (χ0n) is 17.5. The van der Waals surface area contributed by atoms with Crippen molar-refractivity contribution in [3.05, 3.63) is 40.7 Å². The van der Waals surface area contributed by atoms with Crippen LogP contribution in [0, 0.1) is 0 Å². The molecule has 0 spiro atoms. The van der Waals surface area contributed by atoms with Gasteiger partial charge in [0.05, 0.1) is 5.52 Å². The van der Waals surface area contributed by atoms with Crippen molar-refractivity contribution < 1.29 is 9.53 Å². The number of hydrogen-bond donors (Lipinski definition) is 1. The number of piperazine rings is 1. The van der Waals surface area contributed by atoms with Crippen LogP contribution in [-0.4, -0.2) is 72.7 Å². The molecule has 0 saturated carbocycles. The number of rotatable bonds is 9. The van der Waals surface area contributed by atoms with Gasteiger partial charge in [0, 0.05) is 50.7 Å². The van der Waals surface area contributed by atoms with Gasteiger partial charge in [-0.1, -0.05) is 19.1 Å². The smallest absolute Gasteiger partial charge is 0.257 e. The molecule has 2 heterocycles. The molecule has 1 aromatic heterocycles. The minimum atomic E-state index is -0.162. The van der Waals surface area contributed by atoms with Gasteiger partial charge in [-0.15, -0.1) is 0 Å². The molecule has 0 bridgehead atoms. The molecule has 158 valence electrons. The molecule has 0 aliphatic carbocycles. The van der Waals surface area contributed by atoms with Gasteiger partial charge in [0.25, 0.3) is 11.5 Å². The fraction of sp³-hybridized carbons (Fsp3) is 0.545. The Hall–Kier alpha value is -2.38. The number of aromatic nitrogens is 1. The van der Waals surface area contributed by atoms with Gasteiger partial charge < -0.3 is 24.4 Å². The van der Waals surface area contributed by atoms with E-state index in [0.717, 1.165) is 56.6 Å². The van der Waals surface area contributed by atoms with Crippen LogP contribution >= 0.6 is 0 Å². The summed E-state index contributed by atoms with van der Waals surface area (Å²) in [5.41, 5.74) is 0.700. The maximum atomic E-state index is 12.3. The number of carbonyl (C=O) groups is 1. The molecule has 7 heteroatoms.